The minimum Gasteiger partial charge on any atom is -0.462 e. The van der Waals surface area contributed by atoms with E-state index in [1.807, 2.05) is 0 Å². The molecule has 81 heavy (non-hydrogen) atoms. The number of hydrogen-bond acceptors (Lipinski definition) is 6. The second kappa shape index (κ2) is 68.8. The molecule has 0 amide bonds. The van der Waals surface area contributed by atoms with Gasteiger partial charge >= 0.3 is 17.9 Å². The summed E-state index contributed by atoms with van der Waals surface area (Å²) in [4.78, 5) is 38.5. The summed E-state index contributed by atoms with van der Waals surface area (Å²) in [6, 6.07) is 0. The van der Waals surface area contributed by atoms with E-state index in [0.717, 1.165) is 96.3 Å². The number of allylic oxidation sites excluding steroid dienone is 16. The molecule has 6 heteroatoms. The van der Waals surface area contributed by atoms with E-state index in [-0.39, 0.29) is 31.1 Å². The van der Waals surface area contributed by atoms with Crippen molar-refractivity contribution in [3.63, 3.8) is 0 Å². The van der Waals surface area contributed by atoms with Crippen LogP contribution in [-0.2, 0) is 28.6 Å². The van der Waals surface area contributed by atoms with E-state index in [0.29, 0.717) is 19.3 Å². The molecular weight excluding hydrogens is 997 g/mol. The molecule has 0 radical (unpaired) electrons. The third-order valence-electron chi connectivity index (χ3n) is 15.0. The lowest BCUT2D eigenvalue weighted by Crippen LogP contribution is -2.30. The first-order valence-corrected chi connectivity index (χ1v) is 34.7. The Balaban J connectivity index is 4.39. The Hall–Kier alpha value is -3.67. The van der Waals surface area contributed by atoms with E-state index >= 15 is 0 Å². The van der Waals surface area contributed by atoms with Crippen LogP contribution >= 0.6 is 0 Å². The third-order valence-corrected chi connectivity index (χ3v) is 15.0. The minimum absolute atomic E-state index is 0.0813. The number of ether oxygens (including phenoxy) is 3. The van der Waals surface area contributed by atoms with Gasteiger partial charge in [-0.15, -0.1) is 0 Å². The van der Waals surface area contributed by atoms with E-state index < -0.39 is 6.10 Å². The Morgan fingerprint density at radius 1 is 0.259 bits per heavy atom. The summed E-state index contributed by atoms with van der Waals surface area (Å²) in [7, 11) is 0. The fourth-order valence-corrected chi connectivity index (χ4v) is 9.85. The van der Waals surface area contributed by atoms with E-state index in [4.69, 9.17) is 14.2 Å². The van der Waals surface area contributed by atoms with Crippen LogP contribution in [0.1, 0.15) is 342 Å². The van der Waals surface area contributed by atoms with E-state index in [9.17, 15) is 14.4 Å². The zero-order chi connectivity index (χ0) is 58.5. The van der Waals surface area contributed by atoms with Crippen molar-refractivity contribution >= 4 is 17.9 Å². The van der Waals surface area contributed by atoms with Gasteiger partial charge < -0.3 is 14.2 Å². The van der Waals surface area contributed by atoms with Crippen LogP contribution in [-0.4, -0.2) is 37.2 Å². The van der Waals surface area contributed by atoms with Crippen molar-refractivity contribution in [3.8, 4) is 0 Å². The molecule has 0 aliphatic carbocycles. The molecule has 0 saturated carbocycles. The van der Waals surface area contributed by atoms with Crippen LogP contribution in [0, 0.1) is 0 Å². The number of carbonyl (C=O) groups is 3. The second-order valence-corrected chi connectivity index (χ2v) is 23.1. The zero-order valence-electron chi connectivity index (χ0n) is 53.5. The maximum absolute atomic E-state index is 13.0. The molecule has 0 fully saturated rings. The average molecular weight is 1130 g/mol. The molecular formula is C75H130O6. The van der Waals surface area contributed by atoms with Crippen LogP contribution in [0.4, 0.5) is 0 Å². The first-order valence-electron chi connectivity index (χ1n) is 34.7. The molecule has 0 aromatic rings. The molecule has 466 valence electrons. The molecule has 0 rings (SSSR count). The topological polar surface area (TPSA) is 78.9 Å². The Morgan fingerprint density at radius 3 is 0.778 bits per heavy atom. The molecule has 0 aromatic heterocycles. The fraction of sp³-hybridized carbons (Fsp3) is 0.747. The van der Waals surface area contributed by atoms with Crippen LogP contribution in [0.2, 0.25) is 0 Å². The van der Waals surface area contributed by atoms with Crippen LogP contribution < -0.4 is 0 Å². The Bertz CT molecular complexity index is 1580. The van der Waals surface area contributed by atoms with E-state index in [1.165, 1.54) is 205 Å². The number of rotatable bonds is 63. The van der Waals surface area contributed by atoms with Gasteiger partial charge in [-0.25, -0.2) is 0 Å². The summed E-state index contributed by atoms with van der Waals surface area (Å²) in [6.07, 6.45) is 92.7. The number of carbonyl (C=O) groups excluding carboxylic acids is 3. The van der Waals surface area contributed by atoms with Crippen molar-refractivity contribution in [1.29, 1.82) is 0 Å². The summed E-state index contributed by atoms with van der Waals surface area (Å²) >= 11 is 0. The number of esters is 3. The van der Waals surface area contributed by atoms with Crippen molar-refractivity contribution in [2.75, 3.05) is 13.2 Å². The van der Waals surface area contributed by atoms with Crippen molar-refractivity contribution in [1.82, 2.24) is 0 Å². The molecule has 1 unspecified atom stereocenters. The van der Waals surface area contributed by atoms with Gasteiger partial charge in [-0.3, -0.25) is 14.4 Å². The Morgan fingerprint density at radius 2 is 0.481 bits per heavy atom. The predicted octanol–water partition coefficient (Wildman–Crippen LogP) is 24.0. The van der Waals surface area contributed by atoms with Gasteiger partial charge in [0.2, 0.25) is 0 Å². The van der Waals surface area contributed by atoms with E-state index in [1.54, 1.807) is 0 Å². The summed E-state index contributed by atoms with van der Waals surface area (Å²) < 4.78 is 17.0. The van der Waals surface area contributed by atoms with Gasteiger partial charge in [-0.2, -0.15) is 0 Å². The maximum atomic E-state index is 13.0. The number of unbranched alkanes of at least 4 members (excludes halogenated alkanes) is 36. The highest BCUT2D eigenvalue weighted by atomic mass is 16.6. The van der Waals surface area contributed by atoms with Gasteiger partial charge in [-0.05, 0) is 122 Å². The summed E-state index contributed by atoms with van der Waals surface area (Å²) in [5, 5.41) is 0. The molecule has 0 saturated heterocycles. The SMILES string of the molecule is CC/C=C\C/C=C\C/C=C\C/C=C\CCCCCCCCCCCCC(=O)OCC(COC(=O)CCCCCCCCCCC/C=C\C/C=C\CCCCC)OC(=O)CCCCCCCCCCC/C=C\C/C=C\CCCCCCC. The normalized spacial score (nSPS) is 12.7. The van der Waals surface area contributed by atoms with E-state index in [2.05, 4.69) is 118 Å². The predicted molar refractivity (Wildman–Crippen MR) is 353 cm³/mol. The molecule has 0 N–H and O–H groups in total. The summed E-state index contributed by atoms with van der Waals surface area (Å²) in [5.41, 5.74) is 0. The second-order valence-electron chi connectivity index (χ2n) is 23.1. The van der Waals surface area contributed by atoms with Crippen LogP contribution in [0.3, 0.4) is 0 Å². The Kier molecular flexibility index (Phi) is 65.7. The van der Waals surface area contributed by atoms with Gasteiger partial charge in [0.05, 0.1) is 0 Å². The molecule has 0 aliphatic rings. The lowest BCUT2D eigenvalue weighted by molar-refractivity contribution is -0.167. The number of hydrogen-bond donors (Lipinski definition) is 0. The van der Waals surface area contributed by atoms with Crippen molar-refractivity contribution in [2.24, 2.45) is 0 Å². The summed E-state index contributed by atoms with van der Waals surface area (Å²) in [6.45, 7) is 6.53. The standard InChI is InChI=1S/C75H130O6/c1-4-7-10-13-16-19-22-25-28-31-34-36-37-39-41-44-47-50-53-56-59-62-65-68-74(77)80-71-72(70-79-73(76)67-64-61-58-55-52-49-46-43-40-33-30-27-24-21-18-15-12-9-6-3)81-75(78)69-66-63-60-57-54-51-48-45-42-38-35-32-29-26-23-20-17-14-11-8-5-2/h7,10,16,18-19,21,23,25-28,30,32,34-36,72H,4-6,8-9,11-15,17,20,22,24,29,31,33,37-71H2,1-3H3/b10-7-,19-16-,21-18-,26-23-,28-25-,30-27-,35-32-,36-34-. The summed E-state index contributed by atoms with van der Waals surface area (Å²) in [5.74, 6) is -0.878. The van der Waals surface area contributed by atoms with Crippen LogP contribution in [0.15, 0.2) is 97.2 Å². The zero-order valence-corrected chi connectivity index (χ0v) is 53.5. The largest absolute Gasteiger partial charge is 0.462 e. The first kappa shape index (κ1) is 77.3. The third kappa shape index (κ3) is 67.0. The Labute approximate surface area is 502 Å². The molecule has 0 spiro atoms. The highest BCUT2D eigenvalue weighted by Crippen LogP contribution is 2.17. The smallest absolute Gasteiger partial charge is 0.306 e. The molecule has 6 nitrogen and oxygen atoms in total. The molecule has 0 aromatic carbocycles. The quantitative estimate of drug-likeness (QED) is 0.0261. The molecule has 0 heterocycles. The minimum atomic E-state index is -0.786. The molecule has 1 atom stereocenters. The molecule has 0 aliphatic heterocycles. The van der Waals surface area contributed by atoms with Crippen molar-refractivity contribution < 1.29 is 28.6 Å². The van der Waals surface area contributed by atoms with Crippen LogP contribution in [0.5, 0.6) is 0 Å². The van der Waals surface area contributed by atoms with Crippen molar-refractivity contribution in [3.05, 3.63) is 97.2 Å². The maximum Gasteiger partial charge on any atom is 0.306 e. The van der Waals surface area contributed by atoms with Gasteiger partial charge in [0, 0.05) is 19.3 Å². The average Bonchev–Trinajstić information content (AvgIpc) is 3.47. The highest BCUT2D eigenvalue weighted by Gasteiger charge is 2.19. The lowest BCUT2D eigenvalue weighted by Gasteiger charge is -2.18. The van der Waals surface area contributed by atoms with Gasteiger partial charge in [0.1, 0.15) is 13.2 Å². The molecule has 0 bridgehead atoms. The van der Waals surface area contributed by atoms with Crippen LogP contribution in [0.25, 0.3) is 0 Å². The fourth-order valence-electron chi connectivity index (χ4n) is 9.85. The van der Waals surface area contributed by atoms with Crippen molar-refractivity contribution in [2.45, 2.75) is 348 Å². The first-order chi connectivity index (χ1) is 40.0. The van der Waals surface area contributed by atoms with Gasteiger partial charge in [0.25, 0.3) is 0 Å². The van der Waals surface area contributed by atoms with Gasteiger partial charge in [-0.1, -0.05) is 298 Å². The monoisotopic (exact) mass is 1130 g/mol. The lowest BCUT2D eigenvalue weighted by atomic mass is 10.1. The highest BCUT2D eigenvalue weighted by molar-refractivity contribution is 5.71. The van der Waals surface area contributed by atoms with Gasteiger partial charge in [0.15, 0.2) is 6.10 Å².